The van der Waals surface area contributed by atoms with E-state index in [4.69, 9.17) is 0 Å². The standard InChI is InChI=1S/C20H42O4S.K/c1-3-5-6-7-8-9-10-11-12-13-16-19(21)17-14-18-20(15-4-2)25(22,23)24;/h19-21H,3-18H2,1-2H3,(H,22,23,24);/q;+1/p-1. The molecule has 0 rings (SSSR count). The molecule has 152 valence electrons. The van der Waals surface area contributed by atoms with Gasteiger partial charge in [0, 0.05) is 5.25 Å². The first-order chi connectivity index (χ1) is 11.9. The minimum Gasteiger partial charge on any atom is -0.748 e. The van der Waals surface area contributed by atoms with Crippen molar-refractivity contribution in [2.75, 3.05) is 0 Å². The Labute approximate surface area is 205 Å². The molecule has 6 heteroatoms. The van der Waals surface area contributed by atoms with Crippen molar-refractivity contribution in [1.29, 1.82) is 0 Å². The summed E-state index contributed by atoms with van der Waals surface area (Å²) in [5.41, 5.74) is 0. The summed E-state index contributed by atoms with van der Waals surface area (Å²) in [5, 5.41) is 9.21. The Balaban J connectivity index is 0. The molecule has 0 aliphatic rings. The molecule has 0 bridgehead atoms. The molecule has 1 N–H and O–H groups in total. The van der Waals surface area contributed by atoms with E-state index in [2.05, 4.69) is 6.92 Å². The van der Waals surface area contributed by atoms with Gasteiger partial charge < -0.3 is 9.66 Å². The van der Waals surface area contributed by atoms with Crippen LogP contribution in [0, 0.1) is 0 Å². The van der Waals surface area contributed by atoms with Crippen molar-refractivity contribution < 1.29 is 69.5 Å². The Morgan fingerprint density at radius 2 is 1.15 bits per heavy atom. The maximum absolute atomic E-state index is 11.1. The quantitative estimate of drug-likeness (QED) is 0.212. The van der Waals surface area contributed by atoms with E-state index >= 15 is 0 Å². The smallest absolute Gasteiger partial charge is 0.748 e. The van der Waals surface area contributed by atoms with Gasteiger partial charge in [0.1, 0.15) is 0 Å². The second-order valence-electron chi connectivity index (χ2n) is 7.46. The molecule has 0 aliphatic heterocycles. The Kier molecular flexibility index (Phi) is 22.6. The molecule has 0 aromatic carbocycles. The summed E-state index contributed by atoms with van der Waals surface area (Å²) < 4.78 is 33.4. The summed E-state index contributed by atoms with van der Waals surface area (Å²) in [6.45, 7) is 4.13. The van der Waals surface area contributed by atoms with E-state index in [-0.39, 0.29) is 57.5 Å². The van der Waals surface area contributed by atoms with E-state index in [1.165, 1.54) is 57.8 Å². The fourth-order valence-electron chi connectivity index (χ4n) is 3.35. The average molecular weight is 417 g/mol. The fourth-order valence-corrected chi connectivity index (χ4v) is 4.33. The fraction of sp³-hybridized carbons (Fsp3) is 1.00. The van der Waals surface area contributed by atoms with Crippen molar-refractivity contribution in [3.63, 3.8) is 0 Å². The molecule has 0 spiro atoms. The molecular weight excluding hydrogens is 375 g/mol. The summed E-state index contributed by atoms with van der Waals surface area (Å²) in [6, 6.07) is 0. The second-order valence-corrected chi connectivity index (χ2v) is 9.11. The third kappa shape index (κ3) is 18.9. The molecule has 4 nitrogen and oxygen atoms in total. The summed E-state index contributed by atoms with van der Waals surface area (Å²) in [6.07, 6.45) is 16.0. The van der Waals surface area contributed by atoms with Gasteiger partial charge in [0.2, 0.25) is 0 Å². The number of unbranched alkanes of at least 4 members (excludes halogenated alkanes) is 9. The maximum atomic E-state index is 11.1. The minimum atomic E-state index is -4.19. The Morgan fingerprint density at radius 1 is 0.692 bits per heavy atom. The van der Waals surface area contributed by atoms with E-state index in [0.29, 0.717) is 32.1 Å². The normalized spacial score (nSPS) is 14.0. The molecule has 0 radical (unpaired) electrons. The Bertz CT molecular complexity index is 387. The van der Waals surface area contributed by atoms with E-state index < -0.39 is 15.4 Å². The molecule has 0 amide bonds. The SMILES string of the molecule is CCCCCCCCCCCCC(O)CCCC(CCC)S(=O)(=O)[O-].[K+]. The van der Waals surface area contributed by atoms with Crippen LogP contribution in [0.2, 0.25) is 0 Å². The molecule has 2 unspecified atom stereocenters. The summed E-state index contributed by atoms with van der Waals surface area (Å²) in [7, 11) is -4.19. The van der Waals surface area contributed by atoms with Gasteiger partial charge in [-0.1, -0.05) is 84.5 Å². The summed E-state index contributed by atoms with van der Waals surface area (Å²) >= 11 is 0. The van der Waals surface area contributed by atoms with Gasteiger partial charge in [-0.2, -0.15) is 0 Å². The van der Waals surface area contributed by atoms with Gasteiger partial charge in [-0.3, -0.25) is 0 Å². The van der Waals surface area contributed by atoms with E-state index in [9.17, 15) is 18.1 Å². The van der Waals surface area contributed by atoms with Crippen LogP contribution in [-0.2, 0) is 10.1 Å². The van der Waals surface area contributed by atoms with Crippen molar-refractivity contribution in [2.24, 2.45) is 0 Å². The van der Waals surface area contributed by atoms with Crippen molar-refractivity contribution in [3.8, 4) is 0 Å². The van der Waals surface area contributed by atoms with E-state index in [1.54, 1.807) is 0 Å². The molecule has 0 saturated heterocycles. The van der Waals surface area contributed by atoms with Gasteiger partial charge in [-0.05, 0) is 32.1 Å². The molecule has 0 aromatic rings. The van der Waals surface area contributed by atoms with E-state index in [1.807, 2.05) is 6.92 Å². The number of aliphatic hydroxyl groups is 1. The molecule has 0 saturated carbocycles. The zero-order valence-corrected chi connectivity index (χ0v) is 21.5. The van der Waals surface area contributed by atoms with Gasteiger partial charge in [0.05, 0.1) is 16.2 Å². The van der Waals surface area contributed by atoms with Crippen molar-refractivity contribution >= 4 is 10.1 Å². The third-order valence-corrected chi connectivity index (χ3v) is 6.26. The monoisotopic (exact) mass is 416 g/mol. The molecule has 0 heterocycles. The number of hydrogen-bond donors (Lipinski definition) is 1. The first-order valence-electron chi connectivity index (χ1n) is 10.5. The Hall–Kier alpha value is 1.51. The molecule has 0 fully saturated rings. The topological polar surface area (TPSA) is 77.4 Å². The zero-order valence-electron chi connectivity index (χ0n) is 17.5. The van der Waals surface area contributed by atoms with Gasteiger partial charge >= 0.3 is 51.4 Å². The maximum Gasteiger partial charge on any atom is 1.00 e. The van der Waals surface area contributed by atoms with Crippen LogP contribution < -0.4 is 51.4 Å². The van der Waals surface area contributed by atoms with Crippen LogP contribution in [-0.4, -0.2) is 29.4 Å². The van der Waals surface area contributed by atoms with Gasteiger partial charge in [-0.15, -0.1) is 0 Å². The summed E-state index contributed by atoms with van der Waals surface area (Å²) in [4.78, 5) is 0. The number of aliphatic hydroxyl groups excluding tert-OH is 1. The van der Waals surface area contributed by atoms with Crippen LogP contribution in [0.15, 0.2) is 0 Å². The molecular formula is C20H41KO4S. The van der Waals surface area contributed by atoms with Crippen molar-refractivity contribution in [3.05, 3.63) is 0 Å². The van der Waals surface area contributed by atoms with Crippen LogP contribution in [0.4, 0.5) is 0 Å². The number of rotatable bonds is 18. The summed E-state index contributed by atoms with van der Waals surface area (Å²) in [5.74, 6) is 0. The van der Waals surface area contributed by atoms with E-state index in [0.717, 1.165) is 12.8 Å². The van der Waals surface area contributed by atoms with Crippen molar-refractivity contribution in [2.45, 2.75) is 128 Å². The zero-order chi connectivity index (χ0) is 19.0. The van der Waals surface area contributed by atoms with Gasteiger partial charge in [0.15, 0.2) is 0 Å². The number of hydrogen-bond acceptors (Lipinski definition) is 4. The average Bonchev–Trinajstić information content (AvgIpc) is 2.55. The van der Waals surface area contributed by atoms with Crippen LogP contribution in [0.25, 0.3) is 0 Å². The predicted molar refractivity (Wildman–Crippen MR) is 105 cm³/mol. The molecule has 26 heavy (non-hydrogen) atoms. The second kappa shape index (κ2) is 19.8. The van der Waals surface area contributed by atoms with Crippen LogP contribution >= 0.6 is 0 Å². The van der Waals surface area contributed by atoms with Crippen LogP contribution in [0.5, 0.6) is 0 Å². The first kappa shape index (κ1) is 29.7. The minimum absolute atomic E-state index is 0. The van der Waals surface area contributed by atoms with Crippen LogP contribution in [0.1, 0.15) is 117 Å². The molecule has 0 aromatic heterocycles. The Morgan fingerprint density at radius 3 is 1.62 bits per heavy atom. The third-order valence-electron chi connectivity index (χ3n) is 4.97. The largest absolute Gasteiger partial charge is 1.00 e. The van der Waals surface area contributed by atoms with Gasteiger partial charge in [-0.25, -0.2) is 8.42 Å². The van der Waals surface area contributed by atoms with Gasteiger partial charge in [0.25, 0.3) is 0 Å². The molecule has 0 aliphatic carbocycles. The van der Waals surface area contributed by atoms with Crippen LogP contribution in [0.3, 0.4) is 0 Å². The van der Waals surface area contributed by atoms with Crippen molar-refractivity contribution in [1.82, 2.24) is 0 Å². The molecule has 2 atom stereocenters. The predicted octanol–water partition coefficient (Wildman–Crippen LogP) is 2.55. The first-order valence-corrected chi connectivity index (χ1v) is 12.0.